The zero-order valence-electron chi connectivity index (χ0n) is 13.2. The lowest BCUT2D eigenvalue weighted by atomic mass is 10.1. The molecular weight excluding hydrogens is 439 g/mol. The molecular formula is C16H19IN4O2S. The number of nitrogens with zero attached hydrogens (tertiary/aromatic N) is 3. The summed E-state index contributed by atoms with van der Waals surface area (Å²) < 4.78 is 28.2. The van der Waals surface area contributed by atoms with E-state index in [2.05, 4.69) is 42.2 Å². The Labute approximate surface area is 155 Å². The molecule has 24 heavy (non-hydrogen) atoms. The third-order valence-electron chi connectivity index (χ3n) is 3.92. The molecule has 128 valence electrons. The van der Waals surface area contributed by atoms with Gasteiger partial charge in [0.15, 0.2) is 0 Å². The van der Waals surface area contributed by atoms with Crippen molar-refractivity contribution in [3.63, 3.8) is 0 Å². The van der Waals surface area contributed by atoms with Crippen molar-refractivity contribution < 1.29 is 8.42 Å². The lowest BCUT2D eigenvalue weighted by Gasteiger charge is -2.27. The van der Waals surface area contributed by atoms with Gasteiger partial charge in [0.1, 0.15) is 11.6 Å². The number of piperidine rings is 1. The van der Waals surface area contributed by atoms with E-state index >= 15 is 0 Å². The number of hydrogen-bond donors (Lipinski definition) is 1. The topological polar surface area (TPSA) is 75.2 Å². The SMILES string of the molecule is O=S(=O)(NCc1nccc(N2CCCCC2)n1)c1ccc(I)cc1. The van der Waals surface area contributed by atoms with Crippen LogP contribution in [0, 0.1) is 3.57 Å². The zero-order chi connectivity index (χ0) is 17.0. The molecule has 0 unspecified atom stereocenters. The molecule has 0 spiro atoms. The normalized spacial score (nSPS) is 15.5. The molecule has 2 heterocycles. The second kappa shape index (κ2) is 7.75. The lowest BCUT2D eigenvalue weighted by molar-refractivity contribution is 0.569. The Morgan fingerprint density at radius 2 is 1.79 bits per heavy atom. The third kappa shape index (κ3) is 4.42. The number of halogens is 1. The largest absolute Gasteiger partial charge is 0.357 e. The van der Waals surface area contributed by atoms with Gasteiger partial charge in [-0.1, -0.05) is 0 Å². The number of rotatable bonds is 5. The maximum absolute atomic E-state index is 12.3. The smallest absolute Gasteiger partial charge is 0.240 e. The van der Waals surface area contributed by atoms with Crippen LogP contribution in [0.15, 0.2) is 41.4 Å². The highest BCUT2D eigenvalue weighted by Gasteiger charge is 2.16. The van der Waals surface area contributed by atoms with E-state index in [4.69, 9.17) is 0 Å². The van der Waals surface area contributed by atoms with Crippen molar-refractivity contribution in [2.24, 2.45) is 0 Å². The highest BCUT2D eigenvalue weighted by Crippen LogP contribution is 2.17. The highest BCUT2D eigenvalue weighted by molar-refractivity contribution is 14.1. The second-order valence-corrected chi connectivity index (χ2v) is 8.67. The summed E-state index contributed by atoms with van der Waals surface area (Å²) in [6.07, 6.45) is 5.27. The summed E-state index contributed by atoms with van der Waals surface area (Å²) in [7, 11) is -3.56. The molecule has 1 saturated heterocycles. The van der Waals surface area contributed by atoms with Gasteiger partial charge in [0.2, 0.25) is 10.0 Å². The van der Waals surface area contributed by atoms with Gasteiger partial charge in [0.05, 0.1) is 11.4 Å². The molecule has 0 amide bonds. The Morgan fingerprint density at radius 1 is 1.08 bits per heavy atom. The molecule has 1 aromatic heterocycles. The summed E-state index contributed by atoms with van der Waals surface area (Å²) in [6, 6.07) is 8.60. The fourth-order valence-electron chi connectivity index (χ4n) is 2.63. The molecule has 0 saturated carbocycles. The minimum absolute atomic E-state index is 0.0794. The summed E-state index contributed by atoms with van der Waals surface area (Å²) in [5.41, 5.74) is 0. The van der Waals surface area contributed by atoms with Crippen LogP contribution in [-0.4, -0.2) is 31.5 Å². The first kappa shape index (κ1) is 17.6. The van der Waals surface area contributed by atoms with Gasteiger partial charge in [-0.15, -0.1) is 0 Å². The molecule has 2 aromatic rings. The molecule has 0 aliphatic carbocycles. The molecule has 0 bridgehead atoms. The average Bonchev–Trinajstić information content (AvgIpc) is 2.61. The van der Waals surface area contributed by atoms with Gasteiger partial charge >= 0.3 is 0 Å². The van der Waals surface area contributed by atoms with E-state index in [1.165, 1.54) is 19.3 Å². The number of hydrogen-bond acceptors (Lipinski definition) is 5. The molecule has 1 aromatic carbocycles. The molecule has 1 aliphatic heterocycles. The quantitative estimate of drug-likeness (QED) is 0.698. The van der Waals surface area contributed by atoms with E-state index in [0.29, 0.717) is 5.82 Å². The maximum Gasteiger partial charge on any atom is 0.240 e. The van der Waals surface area contributed by atoms with E-state index in [9.17, 15) is 8.42 Å². The van der Waals surface area contributed by atoms with Crippen LogP contribution in [0.1, 0.15) is 25.1 Å². The van der Waals surface area contributed by atoms with Crippen molar-refractivity contribution in [1.29, 1.82) is 0 Å². The van der Waals surface area contributed by atoms with Gasteiger partial charge in [-0.2, -0.15) is 0 Å². The zero-order valence-corrected chi connectivity index (χ0v) is 16.1. The molecule has 3 rings (SSSR count). The molecule has 8 heteroatoms. The van der Waals surface area contributed by atoms with Crippen molar-refractivity contribution in [3.8, 4) is 0 Å². The van der Waals surface area contributed by atoms with Crippen LogP contribution in [-0.2, 0) is 16.6 Å². The molecule has 6 nitrogen and oxygen atoms in total. The summed E-state index contributed by atoms with van der Waals surface area (Å²) >= 11 is 2.14. The van der Waals surface area contributed by atoms with Gasteiger partial charge in [-0.05, 0) is 72.2 Å². The van der Waals surface area contributed by atoms with Gasteiger partial charge in [0, 0.05) is 22.9 Å². The van der Waals surface area contributed by atoms with Gasteiger partial charge in [-0.3, -0.25) is 0 Å². The second-order valence-electron chi connectivity index (χ2n) is 5.66. The van der Waals surface area contributed by atoms with Crippen molar-refractivity contribution in [3.05, 3.63) is 45.9 Å². The first-order valence-electron chi connectivity index (χ1n) is 7.87. The predicted octanol–water partition coefficient (Wildman–Crippen LogP) is 2.55. The van der Waals surface area contributed by atoms with Crippen LogP contribution in [0.3, 0.4) is 0 Å². The first-order valence-corrected chi connectivity index (χ1v) is 10.4. The molecule has 0 radical (unpaired) electrons. The average molecular weight is 458 g/mol. The van der Waals surface area contributed by atoms with Crippen LogP contribution in [0.4, 0.5) is 5.82 Å². The number of benzene rings is 1. The standard InChI is InChI=1S/C16H19IN4O2S/c17-13-4-6-14(7-5-13)24(22,23)19-12-15-18-9-8-16(20-15)21-10-2-1-3-11-21/h4-9,19H,1-3,10-12H2. The molecule has 0 atom stereocenters. The van der Waals surface area contributed by atoms with E-state index < -0.39 is 10.0 Å². The van der Waals surface area contributed by atoms with Crippen molar-refractivity contribution in [1.82, 2.24) is 14.7 Å². The maximum atomic E-state index is 12.3. The van der Waals surface area contributed by atoms with Crippen LogP contribution in [0.5, 0.6) is 0 Å². The third-order valence-corrected chi connectivity index (χ3v) is 6.05. The van der Waals surface area contributed by atoms with E-state index in [1.807, 2.05) is 6.07 Å². The van der Waals surface area contributed by atoms with Crippen molar-refractivity contribution in [2.45, 2.75) is 30.7 Å². The first-order chi connectivity index (χ1) is 11.5. The Morgan fingerprint density at radius 3 is 2.50 bits per heavy atom. The van der Waals surface area contributed by atoms with Crippen molar-refractivity contribution in [2.75, 3.05) is 18.0 Å². The molecule has 1 aliphatic rings. The van der Waals surface area contributed by atoms with E-state index in [1.54, 1.807) is 30.5 Å². The van der Waals surface area contributed by atoms with Crippen LogP contribution >= 0.6 is 22.6 Å². The molecule has 1 fully saturated rings. The number of sulfonamides is 1. The Hall–Kier alpha value is -1.26. The van der Waals surface area contributed by atoms with Gasteiger partial charge in [0.25, 0.3) is 0 Å². The minimum atomic E-state index is -3.56. The van der Waals surface area contributed by atoms with Crippen LogP contribution in [0.2, 0.25) is 0 Å². The predicted molar refractivity (Wildman–Crippen MR) is 101 cm³/mol. The Bertz CT molecular complexity index is 790. The minimum Gasteiger partial charge on any atom is -0.357 e. The monoisotopic (exact) mass is 458 g/mol. The van der Waals surface area contributed by atoms with E-state index in [0.717, 1.165) is 22.5 Å². The Kier molecular flexibility index (Phi) is 5.67. The fraction of sp³-hybridized carbons (Fsp3) is 0.375. The summed E-state index contributed by atoms with van der Waals surface area (Å²) in [6.45, 7) is 2.06. The number of anilines is 1. The number of nitrogens with one attached hydrogen (secondary N) is 1. The van der Waals surface area contributed by atoms with E-state index in [-0.39, 0.29) is 11.4 Å². The lowest BCUT2D eigenvalue weighted by Crippen LogP contribution is -2.31. The Balaban J connectivity index is 1.68. The summed E-state index contributed by atoms with van der Waals surface area (Å²) in [5, 5.41) is 0. The van der Waals surface area contributed by atoms with Crippen molar-refractivity contribution >= 4 is 38.4 Å². The number of aromatic nitrogens is 2. The van der Waals surface area contributed by atoms with Crippen LogP contribution < -0.4 is 9.62 Å². The van der Waals surface area contributed by atoms with Crippen LogP contribution in [0.25, 0.3) is 0 Å². The van der Waals surface area contributed by atoms with Gasteiger partial charge < -0.3 is 4.90 Å². The summed E-state index contributed by atoms with van der Waals surface area (Å²) in [5.74, 6) is 1.35. The fourth-order valence-corrected chi connectivity index (χ4v) is 3.97. The highest BCUT2D eigenvalue weighted by atomic mass is 127. The summed E-state index contributed by atoms with van der Waals surface area (Å²) in [4.78, 5) is 11.1. The molecule has 1 N–H and O–H groups in total. The van der Waals surface area contributed by atoms with Gasteiger partial charge in [-0.25, -0.2) is 23.1 Å².